The fourth-order valence-corrected chi connectivity index (χ4v) is 2.38. The summed E-state index contributed by atoms with van der Waals surface area (Å²) >= 11 is 0. The van der Waals surface area contributed by atoms with Crippen LogP contribution in [0, 0.1) is 0 Å². The predicted octanol–water partition coefficient (Wildman–Crippen LogP) is 1.86. The molecule has 0 aliphatic carbocycles. The summed E-state index contributed by atoms with van der Waals surface area (Å²) < 4.78 is 0. The summed E-state index contributed by atoms with van der Waals surface area (Å²) in [7, 11) is 0. The van der Waals surface area contributed by atoms with Gasteiger partial charge < -0.3 is 15.3 Å². The van der Waals surface area contributed by atoms with E-state index in [0.29, 0.717) is 6.04 Å². The molecule has 0 spiro atoms. The largest absolute Gasteiger partial charge is 0.394 e. The number of rotatable bonds is 9. The summed E-state index contributed by atoms with van der Waals surface area (Å²) in [5.74, 6) is 0. The van der Waals surface area contributed by atoms with Crippen molar-refractivity contribution in [3.05, 3.63) is 0 Å². The highest BCUT2D eigenvalue weighted by Gasteiger charge is 2.26. The Morgan fingerprint density at radius 1 is 1.31 bits per heavy atom. The molecule has 3 nitrogen and oxygen atoms in total. The van der Waals surface area contributed by atoms with Gasteiger partial charge >= 0.3 is 0 Å². The Balaban J connectivity index is 4.31. The van der Waals surface area contributed by atoms with Crippen LogP contribution in [0.15, 0.2) is 0 Å². The molecule has 2 unspecified atom stereocenters. The summed E-state index contributed by atoms with van der Waals surface area (Å²) in [6, 6.07) is 0.515. The first-order chi connectivity index (χ1) is 7.52. The van der Waals surface area contributed by atoms with Gasteiger partial charge in [-0.25, -0.2) is 0 Å². The second-order valence-electron chi connectivity index (χ2n) is 4.93. The third-order valence-corrected chi connectivity index (χ3v) is 3.24. The number of aliphatic hydroxyl groups excluding tert-OH is 1. The number of nitrogens with one attached hydrogen (secondary N) is 1. The average molecular weight is 230 g/mol. The van der Waals surface area contributed by atoms with Gasteiger partial charge in [-0.1, -0.05) is 20.8 Å². The molecule has 0 aromatic rings. The minimum Gasteiger partial charge on any atom is -0.394 e. The summed E-state index contributed by atoms with van der Waals surface area (Å²) in [4.78, 5) is 2.48. The minimum atomic E-state index is -0.144. The van der Waals surface area contributed by atoms with Gasteiger partial charge in [0.05, 0.1) is 6.61 Å². The Kier molecular flexibility index (Phi) is 7.98. The van der Waals surface area contributed by atoms with Crippen LogP contribution < -0.4 is 5.32 Å². The Morgan fingerprint density at radius 3 is 2.31 bits per heavy atom. The van der Waals surface area contributed by atoms with Crippen LogP contribution in [0.25, 0.3) is 0 Å². The second kappa shape index (κ2) is 8.04. The van der Waals surface area contributed by atoms with Crippen molar-refractivity contribution in [1.82, 2.24) is 10.2 Å². The molecule has 0 aromatic carbocycles. The lowest BCUT2D eigenvalue weighted by Gasteiger charge is -2.36. The molecular weight excluding hydrogens is 200 g/mol. The highest BCUT2D eigenvalue weighted by Crippen LogP contribution is 2.16. The molecule has 2 atom stereocenters. The van der Waals surface area contributed by atoms with Crippen LogP contribution in [0.2, 0.25) is 0 Å². The predicted molar refractivity (Wildman–Crippen MR) is 70.8 cm³/mol. The lowest BCUT2D eigenvalue weighted by molar-refractivity contribution is 0.118. The SMILES string of the molecule is CCCN(CC)C(C)CC(C)(CO)NCC. The van der Waals surface area contributed by atoms with Crippen molar-refractivity contribution in [3.8, 4) is 0 Å². The number of hydrogen-bond acceptors (Lipinski definition) is 3. The molecule has 0 aliphatic heterocycles. The minimum absolute atomic E-state index is 0.144. The summed E-state index contributed by atoms with van der Waals surface area (Å²) in [5.41, 5.74) is -0.144. The van der Waals surface area contributed by atoms with Gasteiger partial charge in [-0.3, -0.25) is 0 Å². The number of hydrogen-bond donors (Lipinski definition) is 2. The van der Waals surface area contributed by atoms with Crippen molar-refractivity contribution in [2.75, 3.05) is 26.2 Å². The number of likely N-dealkylation sites (N-methyl/N-ethyl adjacent to an activating group) is 1. The average Bonchev–Trinajstić information content (AvgIpc) is 2.25. The smallest absolute Gasteiger partial charge is 0.0611 e. The van der Waals surface area contributed by atoms with Crippen LogP contribution in [0.5, 0.6) is 0 Å². The van der Waals surface area contributed by atoms with Crippen LogP contribution in [0.1, 0.15) is 47.5 Å². The third kappa shape index (κ3) is 5.28. The third-order valence-electron chi connectivity index (χ3n) is 3.24. The molecular formula is C13H30N2O. The van der Waals surface area contributed by atoms with Crippen molar-refractivity contribution >= 4 is 0 Å². The van der Waals surface area contributed by atoms with Crippen molar-refractivity contribution in [1.29, 1.82) is 0 Å². The zero-order valence-corrected chi connectivity index (χ0v) is 11.7. The van der Waals surface area contributed by atoms with Crippen molar-refractivity contribution in [2.45, 2.75) is 59.0 Å². The highest BCUT2D eigenvalue weighted by atomic mass is 16.3. The van der Waals surface area contributed by atoms with Crippen molar-refractivity contribution in [3.63, 3.8) is 0 Å². The fourth-order valence-electron chi connectivity index (χ4n) is 2.38. The van der Waals surface area contributed by atoms with Gasteiger partial charge in [0, 0.05) is 11.6 Å². The van der Waals surface area contributed by atoms with Crippen molar-refractivity contribution < 1.29 is 5.11 Å². The van der Waals surface area contributed by atoms with Gasteiger partial charge in [0.2, 0.25) is 0 Å². The Bertz CT molecular complexity index is 175. The maximum atomic E-state index is 9.47. The highest BCUT2D eigenvalue weighted by molar-refractivity contribution is 4.86. The second-order valence-corrected chi connectivity index (χ2v) is 4.93. The quantitative estimate of drug-likeness (QED) is 0.634. The molecule has 0 radical (unpaired) electrons. The van der Waals surface area contributed by atoms with E-state index in [1.54, 1.807) is 0 Å². The molecule has 0 saturated carbocycles. The first-order valence-corrected chi connectivity index (χ1v) is 6.62. The van der Waals surface area contributed by atoms with E-state index in [9.17, 15) is 5.11 Å². The fraction of sp³-hybridized carbons (Fsp3) is 1.00. The lowest BCUT2D eigenvalue weighted by atomic mass is 9.93. The molecule has 0 aromatic heterocycles. The Labute approximate surface area is 101 Å². The molecule has 98 valence electrons. The molecule has 16 heavy (non-hydrogen) atoms. The zero-order chi connectivity index (χ0) is 12.6. The maximum Gasteiger partial charge on any atom is 0.0611 e. The van der Waals surface area contributed by atoms with Crippen LogP contribution in [0.4, 0.5) is 0 Å². The summed E-state index contributed by atoms with van der Waals surface area (Å²) in [6.07, 6.45) is 2.18. The van der Waals surface area contributed by atoms with E-state index in [2.05, 4.69) is 44.8 Å². The van der Waals surface area contributed by atoms with E-state index < -0.39 is 0 Å². The van der Waals surface area contributed by atoms with E-state index in [1.807, 2.05) is 0 Å². The van der Waals surface area contributed by atoms with Crippen LogP contribution in [0.3, 0.4) is 0 Å². The van der Waals surface area contributed by atoms with Gasteiger partial charge in [0.25, 0.3) is 0 Å². The summed E-state index contributed by atoms with van der Waals surface area (Å²) in [5, 5.41) is 12.9. The number of nitrogens with zero attached hydrogens (tertiary/aromatic N) is 1. The molecule has 0 aliphatic rings. The first-order valence-electron chi connectivity index (χ1n) is 6.62. The van der Waals surface area contributed by atoms with E-state index in [4.69, 9.17) is 0 Å². The zero-order valence-electron chi connectivity index (χ0n) is 11.7. The normalized spacial score (nSPS) is 17.4. The number of aliphatic hydroxyl groups is 1. The van der Waals surface area contributed by atoms with E-state index in [1.165, 1.54) is 6.42 Å². The van der Waals surface area contributed by atoms with E-state index in [-0.39, 0.29) is 12.1 Å². The standard InChI is InChI=1S/C13H30N2O/c1-6-9-15(8-3)12(4)10-13(5,11-16)14-7-2/h12,14,16H,6-11H2,1-5H3. The van der Waals surface area contributed by atoms with E-state index >= 15 is 0 Å². The molecule has 0 bridgehead atoms. The van der Waals surface area contributed by atoms with E-state index in [0.717, 1.165) is 26.1 Å². The monoisotopic (exact) mass is 230 g/mol. The molecule has 2 N–H and O–H groups in total. The molecule has 0 amide bonds. The maximum absolute atomic E-state index is 9.47. The molecule has 0 heterocycles. The van der Waals surface area contributed by atoms with Gasteiger partial charge in [-0.2, -0.15) is 0 Å². The van der Waals surface area contributed by atoms with Crippen LogP contribution >= 0.6 is 0 Å². The van der Waals surface area contributed by atoms with Crippen LogP contribution in [-0.4, -0.2) is 47.8 Å². The van der Waals surface area contributed by atoms with Gasteiger partial charge in [-0.05, 0) is 46.3 Å². The first kappa shape index (κ1) is 15.9. The molecule has 3 heteroatoms. The summed E-state index contributed by atoms with van der Waals surface area (Å²) in [6.45, 7) is 14.2. The van der Waals surface area contributed by atoms with Crippen molar-refractivity contribution in [2.24, 2.45) is 0 Å². The lowest BCUT2D eigenvalue weighted by Crippen LogP contribution is -2.50. The molecule has 0 saturated heterocycles. The molecule has 0 rings (SSSR count). The Hall–Kier alpha value is -0.120. The van der Waals surface area contributed by atoms with Gasteiger partial charge in [0.15, 0.2) is 0 Å². The Morgan fingerprint density at radius 2 is 1.94 bits per heavy atom. The van der Waals surface area contributed by atoms with Gasteiger partial charge in [0.1, 0.15) is 0 Å². The van der Waals surface area contributed by atoms with Crippen LogP contribution in [-0.2, 0) is 0 Å². The topological polar surface area (TPSA) is 35.5 Å². The van der Waals surface area contributed by atoms with Gasteiger partial charge in [-0.15, -0.1) is 0 Å². The molecule has 0 fully saturated rings.